The fraction of sp³-hybridized carbons (Fsp3) is 0.400. The van der Waals surface area contributed by atoms with Gasteiger partial charge in [-0.1, -0.05) is 12.1 Å². The number of benzene rings is 1. The van der Waals surface area contributed by atoms with E-state index in [-0.39, 0.29) is 5.82 Å². The van der Waals surface area contributed by atoms with Crippen molar-refractivity contribution >= 4 is 23.4 Å². The van der Waals surface area contributed by atoms with E-state index in [0.717, 1.165) is 5.75 Å². The zero-order chi connectivity index (χ0) is 10.2. The van der Waals surface area contributed by atoms with Crippen molar-refractivity contribution in [3.05, 3.63) is 30.1 Å². The van der Waals surface area contributed by atoms with Gasteiger partial charge >= 0.3 is 0 Å². The van der Waals surface area contributed by atoms with Gasteiger partial charge in [-0.25, -0.2) is 4.39 Å². The number of ether oxygens (including phenoxy) is 1. The zero-order valence-corrected chi connectivity index (χ0v) is 9.28. The highest BCUT2D eigenvalue weighted by molar-refractivity contribution is 7.99. The molecule has 0 atom stereocenters. The molecule has 0 aliphatic rings. The average molecular weight is 235 g/mol. The standard InChI is InChI=1S/C10H12ClFOS/c11-5-6-13-7-8-14-10-4-2-1-3-9(10)12/h1-4H,5-8H2. The summed E-state index contributed by atoms with van der Waals surface area (Å²) < 4.78 is 18.3. The SMILES string of the molecule is Fc1ccccc1SCCOCCCl. The monoisotopic (exact) mass is 234 g/mol. The van der Waals surface area contributed by atoms with Crippen molar-refractivity contribution in [3.8, 4) is 0 Å². The van der Waals surface area contributed by atoms with E-state index in [2.05, 4.69) is 0 Å². The van der Waals surface area contributed by atoms with Crippen LogP contribution in [0.5, 0.6) is 0 Å². The van der Waals surface area contributed by atoms with E-state index in [1.165, 1.54) is 17.8 Å². The Morgan fingerprint density at radius 3 is 2.79 bits per heavy atom. The third-order valence-electron chi connectivity index (χ3n) is 1.54. The second-order valence-corrected chi connectivity index (χ2v) is 4.09. The van der Waals surface area contributed by atoms with Gasteiger partial charge in [0, 0.05) is 16.5 Å². The van der Waals surface area contributed by atoms with Gasteiger partial charge in [0.2, 0.25) is 0 Å². The Balaban J connectivity index is 2.21. The predicted molar refractivity (Wildman–Crippen MR) is 58.7 cm³/mol. The summed E-state index contributed by atoms with van der Waals surface area (Å²) in [4.78, 5) is 0.668. The van der Waals surface area contributed by atoms with E-state index in [1.807, 2.05) is 6.07 Å². The lowest BCUT2D eigenvalue weighted by molar-refractivity contribution is 0.166. The molecule has 4 heteroatoms. The van der Waals surface area contributed by atoms with Crippen molar-refractivity contribution in [3.63, 3.8) is 0 Å². The first kappa shape index (κ1) is 11.8. The van der Waals surface area contributed by atoms with Crippen molar-refractivity contribution < 1.29 is 9.13 Å². The van der Waals surface area contributed by atoms with Crippen molar-refractivity contribution in [1.82, 2.24) is 0 Å². The molecule has 1 aromatic carbocycles. The molecule has 1 aromatic rings. The van der Waals surface area contributed by atoms with Crippen LogP contribution < -0.4 is 0 Å². The molecule has 0 aliphatic heterocycles. The summed E-state index contributed by atoms with van der Waals surface area (Å²) in [6.07, 6.45) is 0. The summed E-state index contributed by atoms with van der Waals surface area (Å²) in [7, 11) is 0. The number of halogens is 2. The largest absolute Gasteiger partial charge is 0.379 e. The van der Waals surface area contributed by atoms with Crippen molar-refractivity contribution in [2.24, 2.45) is 0 Å². The molecule has 0 radical (unpaired) electrons. The molecule has 1 rings (SSSR count). The molecule has 0 spiro atoms. The summed E-state index contributed by atoms with van der Waals surface area (Å²) in [5, 5.41) is 0. The summed E-state index contributed by atoms with van der Waals surface area (Å²) in [6.45, 7) is 1.16. The quantitative estimate of drug-likeness (QED) is 0.425. The number of alkyl halides is 1. The maximum Gasteiger partial charge on any atom is 0.136 e. The lowest BCUT2D eigenvalue weighted by Crippen LogP contribution is -2.00. The molecule has 0 unspecified atom stereocenters. The molecular weight excluding hydrogens is 223 g/mol. The molecule has 0 saturated heterocycles. The van der Waals surface area contributed by atoms with E-state index >= 15 is 0 Å². The van der Waals surface area contributed by atoms with Crippen LogP contribution in [0.2, 0.25) is 0 Å². The predicted octanol–water partition coefficient (Wildman–Crippen LogP) is 3.17. The molecule has 1 nitrogen and oxygen atoms in total. The zero-order valence-electron chi connectivity index (χ0n) is 7.71. The van der Waals surface area contributed by atoms with Gasteiger partial charge < -0.3 is 4.74 Å². The Morgan fingerprint density at radius 1 is 1.29 bits per heavy atom. The van der Waals surface area contributed by atoms with E-state index in [9.17, 15) is 4.39 Å². The normalized spacial score (nSPS) is 10.4. The van der Waals surface area contributed by atoms with E-state index < -0.39 is 0 Å². The fourth-order valence-corrected chi connectivity index (χ4v) is 1.84. The van der Waals surface area contributed by atoms with Crippen molar-refractivity contribution in [2.75, 3.05) is 24.8 Å². The molecular formula is C10H12ClFOS. The lowest BCUT2D eigenvalue weighted by atomic mass is 10.3. The highest BCUT2D eigenvalue weighted by atomic mass is 35.5. The highest BCUT2D eigenvalue weighted by Gasteiger charge is 1.99. The molecule has 0 amide bonds. The Bertz CT molecular complexity index is 270. The third-order valence-corrected chi connectivity index (χ3v) is 2.71. The Labute approximate surface area is 92.6 Å². The van der Waals surface area contributed by atoms with Gasteiger partial charge in [-0.05, 0) is 12.1 Å². The first-order valence-electron chi connectivity index (χ1n) is 4.35. The molecule has 0 N–H and O–H groups in total. The number of hydrogen-bond acceptors (Lipinski definition) is 2. The van der Waals surface area contributed by atoms with Crippen LogP contribution in [0.1, 0.15) is 0 Å². The minimum atomic E-state index is -0.171. The van der Waals surface area contributed by atoms with E-state index in [4.69, 9.17) is 16.3 Å². The molecule has 0 aromatic heterocycles. The Hall–Kier alpha value is -0.250. The minimum Gasteiger partial charge on any atom is -0.379 e. The van der Waals surface area contributed by atoms with Crippen LogP contribution in [0.4, 0.5) is 4.39 Å². The number of rotatable bonds is 6. The maximum absolute atomic E-state index is 13.1. The first-order chi connectivity index (χ1) is 6.84. The summed E-state index contributed by atoms with van der Waals surface area (Å²) >= 11 is 6.89. The van der Waals surface area contributed by atoms with E-state index in [0.29, 0.717) is 24.0 Å². The molecule has 0 aliphatic carbocycles. The molecule has 0 saturated carbocycles. The number of hydrogen-bond donors (Lipinski definition) is 0. The molecule has 14 heavy (non-hydrogen) atoms. The van der Waals surface area contributed by atoms with Crippen LogP contribution in [0.15, 0.2) is 29.2 Å². The van der Waals surface area contributed by atoms with Crippen LogP contribution >= 0.6 is 23.4 Å². The van der Waals surface area contributed by atoms with Crippen LogP contribution in [-0.4, -0.2) is 24.8 Å². The first-order valence-corrected chi connectivity index (χ1v) is 5.87. The van der Waals surface area contributed by atoms with Crippen molar-refractivity contribution in [2.45, 2.75) is 4.90 Å². The van der Waals surface area contributed by atoms with Gasteiger partial charge in [-0.2, -0.15) is 0 Å². The third kappa shape index (κ3) is 4.31. The fourth-order valence-electron chi connectivity index (χ4n) is 0.929. The maximum atomic E-state index is 13.1. The summed E-state index contributed by atoms with van der Waals surface area (Å²) in [6, 6.07) is 6.73. The van der Waals surface area contributed by atoms with Crippen LogP contribution in [-0.2, 0) is 4.74 Å². The van der Waals surface area contributed by atoms with Crippen LogP contribution in [0, 0.1) is 5.82 Å². The van der Waals surface area contributed by atoms with Gasteiger partial charge in [0.05, 0.1) is 13.2 Å². The Morgan fingerprint density at radius 2 is 2.07 bits per heavy atom. The summed E-state index contributed by atoms with van der Waals surface area (Å²) in [5.74, 6) is 1.08. The molecule has 0 bridgehead atoms. The second kappa shape index (κ2) is 7.10. The molecule has 0 fully saturated rings. The van der Waals surface area contributed by atoms with Gasteiger partial charge in [0.1, 0.15) is 5.82 Å². The van der Waals surface area contributed by atoms with Gasteiger partial charge in [-0.3, -0.25) is 0 Å². The van der Waals surface area contributed by atoms with Crippen molar-refractivity contribution in [1.29, 1.82) is 0 Å². The molecule has 0 heterocycles. The van der Waals surface area contributed by atoms with Gasteiger partial charge in [0.25, 0.3) is 0 Å². The van der Waals surface area contributed by atoms with Crippen LogP contribution in [0.3, 0.4) is 0 Å². The summed E-state index contributed by atoms with van der Waals surface area (Å²) in [5.41, 5.74) is 0. The molecule has 78 valence electrons. The average Bonchev–Trinajstić information content (AvgIpc) is 2.20. The minimum absolute atomic E-state index is 0.171. The topological polar surface area (TPSA) is 9.23 Å². The van der Waals surface area contributed by atoms with E-state index in [1.54, 1.807) is 12.1 Å². The second-order valence-electron chi connectivity index (χ2n) is 2.58. The van der Waals surface area contributed by atoms with Gasteiger partial charge in [-0.15, -0.1) is 23.4 Å². The smallest absolute Gasteiger partial charge is 0.136 e. The lowest BCUT2D eigenvalue weighted by Gasteiger charge is -2.03. The van der Waals surface area contributed by atoms with Crippen LogP contribution in [0.25, 0.3) is 0 Å². The van der Waals surface area contributed by atoms with Gasteiger partial charge in [0.15, 0.2) is 0 Å². The number of thioether (sulfide) groups is 1. The highest BCUT2D eigenvalue weighted by Crippen LogP contribution is 2.20. The Kier molecular flexibility index (Phi) is 5.99.